The molecule has 2 amide bonds. The van der Waals surface area contributed by atoms with Crippen LogP contribution < -0.4 is 10.6 Å². The average molecular weight is 290 g/mol. The lowest BCUT2D eigenvalue weighted by atomic mass is 9.74. The molecule has 0 heterocycles. The van der Waals surface area contributed by atoms with Crippen LogP contribution in [0.15, 0.2) is 24.3 Å². The van der Waals surface area contributed by atoms with E-state index in [0.717, 1.165) is 12.8 Å². The maximum absolute atomic E-state index is 11.6. The summed E-state index contributed by atoms with van der Waals surface area (Å²) in [5.74, 6) is -0.305. The summed E-state index contributed by atoms with van der Waals surface area (Å²) in [5, 5.41) is 14.1. The number of nitrogens with one attached hydrogen (secondary N) is 2. The number of hydrogen-bond donors (Lipinski definition) is 3. The van der Waals surface area contributed by atoms with Crippen molar-refractivity contribution in [3.8, 4) is 0 Å². The molecule has 1 saturated carbocycles. The summed E-state index contributed by atoms with van der Waals surface area (Å²) in [6, 6.07) is 8.38. The van der Waals surface area contributed by atoms with Crippen molar-refractivity contribution in [2.45, 2.75) is 44.6 Å². The Labute approximate surface area is 124 Å². The molecule has 0 bridgehead atoms. The predicted octanol–water partition coefficient (Wildman–Crippen LogP) is 2.41. The lowest BCUT2D eigenvalue weighted by Gasteiger charge is -2.36. The van der Waals surface area contributed by atoms with Gasteiger partial charge in [0.1, 0.15) is 0 Å². The van der Waals surface area contributed by atoms with Gasteiger partial charge in [-0.15, -0.1) is 0 Å². The summed E-state index contributed by atoms with van der Waals surface area (Å²) >= 11 is 0. The van der Waals surface area contributed by atoms with E-state index in [0.29, 0.717) is 18.9 Å². The summed E-state index contributed by atoms with van der Waals surface area (Å²) in [7, 11) is 0. The normalized spacial score (nSPS) is 20.4. The lowest BCUT2D eigenvalue weighted by molar-refractivity contribution is -0.137. The Morgan fingerprint density at radius 1 is 1.29 bits per heavy atom. The number of amides is 2. The summed E-state index contributed by atoms with van der Waals surface area (Å²) in [6.45, 7) is 2.51. The number of carboxylic acids is 1. The fourth-order valence-corrected chi connectivity index (χ4v) is 2.71. The van der Waals surface area contributed by atoms with E-state index in [1.54, 1.807) is 0 Å². The number of carbonyl (C=O) groups excluding carboxylic acids is 1. The average Bonchev–Trinajstić information content (AvgIpc) is 2.39. The third-order valence-electron chi connectivity index (χ3n) is 3.95. The molecule has 2 rings (SSSR count). The van der Waals surface area contributed by atoms with Gasteiger partial charge in [0.05, 0.1) is 0 Å². The smallest absolute Gasteiger partial charge is 0.315 e. The van der Waals surface area contributed by atoms with Crippen LogP contribution in [0.5, 0.6) is 0 Å². The van der Waals surface area contributed by atoms with Crippen molar-refractivity contribution in [3.05, 3.63) is 35.4 Å². The van der Waals surface area contributed by atoms with Gasteiger partial charge in [-0.05, 0) is 43.2 Å². The van der Waals surface area contributed by atoms with Crippen LogP contribution in [-0.4, -0.2) is 29.7 Å². The number of urea groups is 1. The molecule has 5 heteroatoms. The Hall–Kier alpha value is -2.04. The highest BCUT2D eigenvalue weighted by Gasteiger charge is 2.31. The van der Waals surface area contributed by atoms with Crippen LogP contribution in [0.25, 0.3) is 0 Å². The minimum absolute atomic E-state index is 0.0824. The molecule has 114 valence electrons. The fourth-order valence-electron chi connectivity index (χ4n) is 2.71. The van der Waals surface area contributed by atoms with E-state index in [1.807, 2.05) is 6.07 Å². The largest absolute Gasteiger partial charge is 0.481 e. The molecule has 1 aromatic rings. The molecule has 1 aliphatic rings. The second-order valence-corrected chi connectivity index (χ2v) is 5.62. The zero-order valence-corrected chi connectivity index (χ0v) is 12.3. The highest BCUT2D eigenvalue weighted by molar-refractivity contribution is 5.74. The number of carboxylic acid groups (broad SMARTS) is 1. The number of aryl methyl sites for hydroxylation is 1. The number of rotatable bonds is 6. The van der Waals surface area contributed by atoms with Gasteiger partial charge >= 0.3 is 12.0 Å². The molecular formula is C16H22N2O3. The quantitative estimate of drug-likeness (QED) is 0.704. The standard InChI is InChI=1S/C16H22N2O3/c1-11-5-2-3-6-14(11)12-9-13(10-12)18-16(21)17-8-4-7-15(19)20/h2-3,5-6,12-13H,4,7-10H2,1H3,(H,19,20)(H2,17,18,21). The van der Waals surface area contributed by atoms with Gasteiger partial charge in [0.2, 0.25) is 0 Å². The van der Waals surface area contributed by atoms with Gasteiger partial charge in [-0.3, -0.25) is 4.79 Å². The van der Waals surface area contributed by atoms with Crippen LogP contribution in [-0.2, 0) is 4.79 Å². The van der Waals surface area contributed by atoms with Crippen molar-refractivity contribution in [1.82, 2.24) is 10.6 Å². The number of benzene rings is 1. The van der Waals surface area contributed by atoms with Gasteiger partial charge in [-0.25, -0.2) is 4.79 Å². The first-order chi connectivity index (χ1) is 10.1. The Morgan fingerprint density at radius 3 is 2.67 bits per heavy atom. The molecule has 0 radical (unpaired) electrons. The van der Waals surface area contributed by atoms with E-state index in [2.05, 4.69) is 35.8 Å². The van der Waals surface area contributed by atoms with E-state index in [4.69, 9.17) is 5.11 Å². The highest BCUT2D eigenvalue weighted by atomic mass is 16.4. The Balaban J connectivity index is 1.65. The van der Waals surface area contributed by atoms with Crippen LogP contribution >= 0.6 is 0 Å². The Morgan fingerprint density at radius 2 is 2.00 bits per heavy atom. The molecule has 1 aromatic carbocycles. The minimum Gasteiger partial charge on any atom is -0.481 e. The van der Waals surface area contributed by atoms with Crippen molar-refractivity contribution in [1.29, 1.82) is 0 Å². The van der Waals surface area contributed by atoms with Gasteiger partial charge in [-0.2, -0.15) is 0 Å². The molecule has 5 nitrogen and oxygen atoms in total. The first-order valence-electron chi connectivity index (χ1n) is 7.38. The zero-order valence-electron chi connectivity index (χ0n) is 12.3. The zero-order chi connectivity index (χ0) is 15.2. The van der Waals surface area contributed by atoms with Crippen molar-refractivity contribution < 1.29 is 14.7 Å². The van der Waals surface area contributed by atoms with Crippen molar-refractivity contribution in [2.75, 3.05) is 6.54 Å². The van der Waals surface area contributed by atoms with Gasteiger partial charge in [0.25, 0.3) is 0 Å². The summed E-state index contributed by atoms with van der Waals surface area (Å²) < 4.78 is 0. The molecule has 21 heavy (non-hydrogen) atoms. The maximum Gasteiger partial charge on any atom is 0.315 e. The number of hydrogen-bond acceptors (Lipinski definition) is 2. The summed E-state index contributed by atoms with van der Waals surface area (Å²) in [6.07, 6.45) is 2.47. The van der Waals surface area contributed by atoms with Crippen LogP contribution in [0.1, 0.15) is 42.7 Å². The van der Waals surface area contributed by atoms with E-state index in [-0.39, 0.29) is 18.5 Å². The highest BCUT2D eigenvalue weighted by Crippen LogP contribution is 2.38. The number of carbonyl (C=O) groups is 2. The fraction of sp³-hybridized carbons (Fsp3) is 0.500. The van der Waals surface area contributed by atoms with E-state index < -0.39 is 5.97 Å². The molecule has 1 fully saturated rings. The summed E-state index contributed by atoms with van der Waals surface area (Å²) in [5.41, 5.74) is 2.68. The Kier molecular flexibility index (Phi) is 5.20. The van der Waals surface area contributed by atoms with Crippen molar-refractivity contribution >= 4 is 12.0 Å². The van der Waals surface area contributed by atoms with Gasteiger partial charge in [0.15, 0.2) is 0 Å². The molecular weight excluding hydrogens is 268 g/mol. The maximum atomic E-state index is 11.6. The second-order valence-electron chi connectivity index (χ2n) is 5.62. The molecule has 0 aliphatic heterocycles. The third-order valence-corrected chi connectivity index (χ3v) is 3.95. The Bertz CT molecular complexity index is 510. The monoisotopic (exact) mass is 290 g/mol. The topological polar surface area (TPSA) is 78.4 Å². The second kappa shape index (κ2) is 7.11. The van der Waals surface area contributed by atoms with Gasteiger partial charge < -0.3 is 15.7 Å². The van der Waals surface area contributed by atoms with Gasteiger partial charge in [-0.1, -0.05) is 24.3 Å². The molecule has 0 unspecified atom stereocenters. The first kappa shape index (κ1) is 15.4. The molecule has 0 saturated heterocycles. The van der Waals surface area contributed by atoms with Crippen LogP contribution in [0.3, 0.4) is 0 Å². The SMILES string of the molecule is Cc1ccccc1C1CC(NC(=O)NCCCC(=O)O)C1. The van der Waals surface area contributed by atoms with Gasteiger partial charge in [0, 0.05) is 19.0 Å². The van der Waals surface area contributed by atoms with Crippen LogP contribution in [0.4, 0.5) is 4.79 Å². The van der Waals surface area contributed by atoms with Crippen molar-refractivity contribution in [3.63, 3.8) is 0 Å². The van der Waals surface area contributed by atoms with Crippen molar-refractivity contribution in [2.24, 2.45) is 0 Å². The number of aliphatic carboxylic acids is 1. The van der Waals surface area contributed by atoms with E-state index in [9.17, 15) is 9.59 Å². The molecule has 0 aromatic heterocycles. The minimum atomic E-state index is -0.836. The molecule has 0 atom stereocenters. The lowest BCUT2D eigenvalue weighted by Crippen LogP contribution is -2.48. The van der Waals surface area contributed by atoms with Crippen LogP contribution in [0.2, 0.25) is 0 Å². The summed E-state index contributed by atoms with van der Waals surface area (Å²) in [4.78, 5) is 22.0. The first-order valence-corrected chi connectivity index (χ1v) is 7.38. The predicted molar refractivity (Wildman–Crippen MR) is 80.3 cm³/mol. The van der Waals surface area contributed by atoms with E-state index in [1.165, 1.54) is 11.1 Å². The van der Waals surface area contributed by atoms with E-state index >= 15 is 0 Å². The molecule has 3 N–H and O–H groups in total. The molecule has 0 spiro atoms. The molecule has 1 aliphatic carbocycles. The van der Waals surface area contributed by atoms with Crippen LogP contribution in [0, 0.1) is 6.92 Å². The third kappa shape index (κ3) is 4.48.